The van der Waals surface area contributed by atoms with E-state index in [9.17, 15) is 10.5 Å². The fourth-order valence-electron chi connectivity index (χ4n) is 8.33. The van der Waals surface area contributed by atoms with Crippen molar-refractivity contribution in [2.75, 3.05) is 0 Å². The molecule has 10 aromatic rings. The molecule has 0 saturated heterocycles. The van der Waals surface area contributed by atoms with Gasteiger partial charge in [0, 0.05) is 16.5 Å². The van der Waals surface area contributed by atoms with Gasteiger partial charge in [-0.15, -0.1) is 0 Å². The van der Waals surface area contributed by atoms with E-state index in [-0.39, 0.29) is 0 Å². The maximum Gasteiger partial charge on any atom is 0.0992 e. The summed E-state index contributed by atoms with van der Waals surface area (Å²) >= 11 is 0. The lowest BCUT2D eigenvalue weighted by Gasteiger charge is -2.18. The Balaban J connectivity index is 1.03. The van der Waals surface area contributed by atoms with Gasteiger partial charge in [0.05, 0.1) is 34.3 Å². The molecule has 0 amide bonds. The lowest BCUT2D eigenvalue weighted by Crippen LogP contribution is -1.96. The number of para-hydroxylation sites is 1. The maximum absolute atomic E-state index is 10.1. The molecule has 3 nitrogen and oxygen atoms in total. The van der Waals surface area contributed by atoms with Crippen LogP contribution in [0.5, 0.6) is 0 Å². The first-order chi connectivity index (χ1) is 27.2. The van der Waals surface area contributed by atoms with Gasteiger partial charge in [-0.25, -0.2) is 0 Å². The van der Waals surface area contributed by atoms with Crippen LogP contribution in [0.3, 0.4) is 0 Å². The lowest BCUT2D eigenvalue weighted by atomic mass is 9.86. The van der Waals surface area contributed by atoms with Gasteiger partial charge >= 0.3 is 0 Å². The molecular formula is C52H31N3. The predicted molar refractivity (Wildman–Crippen MR) is 227 cm³/mol. The molecule has 0 radical (unpaired) electrons. The van der Waals surface area contributed by atoms with E-state index >= 15 is 0 Å². The molecule has 0 aliphatic heterocycles. The monoisotopic (exact) mass is 697 g/mol. The van der Waals surface area contributed by atoms with Crippen molar-refractivity contribution >= 4 is 43.4 Å². The summed E-state index contributed by atoms with van der Waals surface area (Å²) in [6.07, 6.45) is 0. The average molecular weight is 698 g/mol. The highest BCUT2D eigenvalue weighted by atomic mass is 15.0. The van der Waals surface area contributed by atoms with E-state index in [0.717, 1.165) is 49.7 Å². The Hall–Kier alpha value is -7.72. The molecule has 0 saturated carbocycles. The Morgan fingerprint density at radius 1 is 0.309 bits per heavy atom. The first kappa shape index (κ1) is 32.0. The summed E-state index contributed by atoms with van der Waals surface area (Å²) in [7, 11) is 0. The van der Waals surface area contributed by atoms with Crippen LogP contribution in [0.25, 0.3) is 93.5 Å². The summed E-state index contributed by atoms with van der Waals surface area (Å²) in [5.41, 5.74) is 13.3. The molecule has 1 aromatic heterocycles. The van der Waals surface area contributed by atoms with Crippen LogP contribution in [-0.2, 0) is 0 Å². The number of hydrogen-bond donors (Lipinski definition) is 0. The third kappa shape index (κ3) is 5.35. The molecule has 0 aliphatic rings. The summed E-state index contributed by atoms with van der Waals surface area (Å²) in [5, 5.41) is 26.8. The number of benzene rings is 9. The number of aromatic nitrogens is 1. The van der Waals surface area contributed by atoms with E-state index in [4.69, 9.17) is 0 Å². The van der Waals surface area contributed by atoms with Crippen LogP contribution in [-0.4, -0.2) is 4.57 Å². The third-order valence-electron chi connectivity index (χ3n) is 10.8. The van der Waals surface area contributed by atoms with Crippen molar-refractivity contribution < 1.29 is 0 Å². The summed E-state index contributed by atoms with van der Waals surface area (Å²) in [4.78, 5) is 0. The maximum atomic E-state index is 10.1. The molecule has 254 valence electrons. The zero-order chi connectivity index (χ0) is 36.9. The van der Waals surface area contributed by atoms with Crippen LogP contribution in [0.1, 0.15) is 11.1 Å². The number of hydrogen-bond acceptors (Lipinski definition) is 2. The van der Waals surface area contributed by atoms with Gasteiger partial charge in [-0.2, -0.15) is 10.5 Å². The van der Waals surface area contributed by atoms with Crippen LogP contribution in [0.4, 0.5) is 0 Å². The van der Waals surface area contributed by atoms with Crippen LogP contribution < -0.4 is 0 Å². The predicted octanol–water partition coefficient (Wildman–Crippen LogP) is 13.5. The third-order valence-corrected chi connectivity index (χ3v) is 10.8. The minimum Gasteiger partial charge on any atom is -0.309 e. The van der Waals surface area contributed by atoms with E-state index in [1.54, 1.807) is 0 Å². The second-order valence-electron chi connectivity index (χ2n) is 13.9. The molecule has 55 heavy (non-hydrogen) atoms. The van der Waals surface area contributed by atoms with Crippen LogP contribution in [0.2, 0.25) is 0 Å². The number of rotatable bonds is 5. The van der Waals surface area contributed by atoms with Crippen LogP contribution in [0.15, 0.2) is 188 Å². The van der Waals surface area contributed by atoms with Gasteiger partial charge in [-0.05, 0) is 109 Å². The highest BCUT2D eigenvalue weighted by Gasteiger charge is 2.17. The second-order valence-corrected chi connectivity index (χ2v) is 13.9. The first-order valence-corrected chi connectivity index (χ1v) is 18.4. The smallest absolute Gasteiger partial charge is 0.0992 e. The summed E-state index contributed by atoms with van der Waals surface area (Å²) in [5.74, 6) is 0. The van der Waals surface area contributed by atoms with E-state index in [0.29, 0.717) is 11.1 Å². The van der Waals surface area contributed by atoms with Gasteiger partial charge < -0.3 is 4.57 Å². The summed E-state index contributed by atoms with van der Waals surface area (Å²) < 4.78 is 2.19. The standard InChI is InChI=1S/C52H31N3/c53-32-34-18-27-50-48(30-34)43-12-8-9-17-49(43)55(50)42-29-35(33-54)28-41(31-42)38-21-19-36(20-22-38)37-23-25-40(26-24-37)52-46-15-6-4-13-44(46)51(39-10-2-1-3-11-39)45-14-5-7-16-47(45)52/h1-31H. The van der Waals surface area contributed by atoms with Gasteiger partial charge in [0.1, 0.15) is 0 Å². The molecule has 0 aliphatic carbocycles. The summed E-state index contributed by atoms with van der Waals surface area (Å²) in [6.45, 7) is 0. The van der Waals surface area contributed by atoms with E-state index in [1.807, 2.05) is 42.5 Å². The Kier molecular flexibility index (Phi) is 7.58. The first-order valence-electron chi connectivity index (χ1n) is 18.4. The van der Waals surface area contributed by atoms with E-state index in [1.165, 1.54) is 43.8 Å². The largest absolute Gasteiger partial charge is 0.309 e. The van der Waals surface area contributed by atoms with Crippen molar-refractivity contribution in [3.8, 4) is 62.3 Å². The number of nitriles is 2. The van der Waals surface area contributed by atoms with Gasteiger partial charge in [-0.1, -0.05) is 146 Å². The fraction of sp³-hybridized carbons (Fsp3) is 0. The molecule has 0 spiro atoms. The van der Waals surface area contributed by atoms with Gasteiger partial charge in [0.15, 0.2) is 0 Å². The van der Waals surface area contributed by atoms with Crippen molar-refractivity contribution in [3.05, 3.63) is 199 Å². The van der Waals surface area contributed by atoms with E-state index in [2.05, 4.69) is 162 Å². The molecule has 0 atom stereocenters. The minimum absolute atomic E-state index is 0.587. The molecule has 0 unspecified atom stereocenters. The lowest BCUT2D eigenvalue weighted by molar-refractivity contribution is 1.18. The van der Waals surface area contributed by atoms with Crippen molar-refractivity contribution in [1.82, 2.24) is 4.57 Å². The van der Waals surface area contributed by atoms with Gasteiger partial charge in [0.2, 0.25) is 0 Å². The van der Waals surface area contributed by atoms with E-state index < -0.39 is 0 Å². The Bertz CT molecular complexity index is 3140. The van der Waals surface area contributed by atoms with Crippen molar-refractivity contribution in [1.29, 1.82) is 10.5 Å². The average Bonchev–Trinajstić information content (AvgIpc) is 3.59. The molecule has 0 N–H and O–H groups in total. The zero-order valence-electron chi connectivity index (χ0n) is 29.7. The normalized spacial score (nSPS) is 11.2. The highest BCUT2D eigenvalue weighted by molar-refractivity contribution is 6.21. The second kappa shape index (κ2) is 13.0. The minimum atomic E-state index is 0.587. The quantitative estimate of drug-likeness (QED) is 0.168. The molecule has 0 bridgehead atoms. The van der Waals surface area contributed by atoms with Crippen molar-refractivity contribution in [2.45, 2.75) is 0 Å². The Morgan fingerprint density at radius 3 is 1.33 bits per heavy atom. The molecule has 1 heterocycles. The molecule has 3 heteroatoms. The number of fused-ring (bicyclic) bond motifs is 5. The molecule has 10 rings (SSSR count). The fourth-order valence-corrected chi connectivity index (χ4v) is 8.33. The molecule has 9 aromatic carbocycles. The van der Waals surface area contributed by atoms with Crippen molar-refractivity contribution in [2.24, 2.45) is 0 Å². The zero-order valence-corrected chi connectivity index (χ0v) is 29.7. The van der Waals surface area contributed by atoms with Gasteiger partial charge in [-0.3, -0.25) is 0 Å². The SMILES string of the molecule is N#Cc1cc(-c2ccc(-c3ccc(-c4c5ccccc5c(-c5ccccc5)c5ccccc45)cc3)cc2)cc(-n2c3ccccc3c3cc(C#N)ccc32)c1. The number of nitrogens with zero attached hydrogens (tertiary/aromatic N) is 3. The van der Waals surface area contributed by atoms with Crippen LogP contribution in [0, 0.1) is 22.7 Å². The van der Waals surface area contributed by atoms with Gasteiger partial charge in [0.25, 0.3) is 0 Å². The summed E-state index contributed by atoms with van der Waals surface area (Å²) in [6, 6.07) is 70.4. The molecular weight excluding hydrogens is 667 g/mol. The van der Waals surface area contributed by atoms with Crippen LogP contribution >= 0.6 is 0 Å². The molecule has 0 fully saturated rings. The van der Waals surface area contributed by atoms with Crippen molar-refractivity contribution in [3.63, 3.8) is 0 Å². The highest BCUT2D eigenvalue weighted by Crippen LogP contribution is 2.44. The Morgan fingerprint density at radius 2 is 0.764 bits per heavy atom. The topological polar surface area (TPSA) is 52.5 Å². The Labute approximate surface area is 318 Å².